The maximum absolute atomic E-state index is 11.6. The topological polar surface area (TPSA) is 89.3 Å². The molecule has 0 amide bonds. The van der Waals surface area contributed by atoms with E-state index in [0.717, 1.165) is 6.26 Å². The van der Waals surface area contributed by atoms with Gasteiger partial charge in [-0.2, -0.15) is 0 Å². The molecule has 0 heterocycles. The summed E-state index contributed by atoms with van der Waals surface area (Å²) >= 11 is 5.76. The highest BCUT2D eigenvalue weighted by Crippen LogP contribution is 2.32. The van der Waals surface area contributed by atoms with Gasteiger partial charge in [-0.1, -0.05) is 17.7 Å². The second-order valence-electron chi connectivity index (χ2n) is 4.78. The van der Waals surface area contributed by atoms with Gasteiger partial charge >= 0.3 is 5.69 Å². The van der Waals surface area contributed by atoms with Gasteiger partial charge in [0.15, 0.2) is 9.84 Å². The highest BCUT2D eigenvalue weighted by molar-refractivity contribution is 7.92. The zero-order chi connectivity index (χ0) is 14.8. The van der Waals surface area contributed by atoms with Gasteiger partial charge in [-0.3, -0.25) is 10.1 Å². The minimum atomic E-state index is -3.28. The van der Waals surface area contributed by atoms with Crippen molar-refractivity contribution in [3.63, 3.8) is 0 Å². The fourth-order valence-corrected chi connectivity index (χ4v) is 1.86. The van der Waals surface area contributed by atoms with Crippen molar-refractivity contribution in [3.05, 3.63) is 33.3 Å². The maximum Gasteiger partial charge on any atom is 0.310 e. The van der Waals surface area contributed by atoms with Crippen LogP contribution in [0.25, 0.3) is 0 Å². The second kappa shape index (κ2) is 5.34. The summed E-state index contributed by atoms with van der Waals surface area (Å²) in [4.78, 5) is 10.3. The second-order valence-corrected chi connectivity index (χ2v) is 7.84. The number of rotatable bonds is 5. The quantitative estimate of drug-likeness (QED) is 0.667. The summed E-state index contributed by atoms with van der Waals surface area (Å²) in [5.74, 6) is 0. The fourth-order valence-electron chi connectivity index (χ4n) is 1.28. The van der Waals surface area contributed by atoms with Crippen LogP contribution in [-0.4, -0.2) is 30.9 Å². The largest absolute Gasteiger partial charge is 0.378 e. The molecule has 6 nitrogen and oxygen atoms in total. The number of para-hydroxylation sites is 1. The molecule has 1 rings (SSSR count). The molecule has 0 fully saturated rings. The molecule has 0 aliphatic heterocycles. The molecule has 0 aliphatic rings. The molecular formula is C11H15ClN2O4S. The number of sulfone groups is 1. The molecule has 19 heavy (non-hydrogen) atoms. The van der Waals surface area contributed by atoms with Gasteiger partial charge in [0.25, 0.3) is 0 Å². The van der Waals surface area contributed by atoms with Crippen LogP contribution in [0.4, 0.5) is 11.4 Å². The van der Waals surface area contributed by atoms with Crippen LogP contribution in [0.2, 0.25) is 5.02 Å². The number of hydrogen-bond acceptors (Lipinski definition) is 5. The summed E-state index contributed by atoms with van der Waals surface area (Å²) in [6.45, 7) is 3.14. The zero-order valence-corrected chi connectivity index (χ0v) is 12.4. The van der Waals surface area contributed by atoms with Gasteiger partial charge in [-0.15, -0.1) is 0 Å². The van der Waals surface area contributed by atoms with Crippen LogP contribution in [0, 0.1) is 10.1 Å². The molecule has 0 saturated carbocycles. The van der Waals surface area contributed by atoms with Crippen molar-refractivity contribution < 1.29 is 13.3 Å². The Morgan fingerprint density at radius 3 is 2.47 bits per heavy atom. The first kappa shape index (κ1) is 15.7. The summed E-state index contributed by atoms with van der Waals surface area (Å²) in [7, 11) is -3.28. The Hall–Kier alpha value is -1.34. The van der Waals surface area contributed by atoms with Crippen LogP contribution in [-0.2, 0) is 9.84 Å². The number of nitrogens with one attached hydrogen (secondary N) is 1. The van der Waals surface area contributed by atoms with Crippen molar-refractivity contribution in [2.24, 2.45) is 0 Å². The third-order valence-corrected chi connectivity index (χ3v) is 5.33. The maximum atomic E-state index is 11.6. The normalized spacial score (nSPS) is 12.2. The lowest BCUT2D eigenvalue weighted by Crippen LogP contribution is -2.38. The lowest BCUT2D eigenvalue weighted by molar-refractivity contribution is -0.383. The highest BCUT2D eigenvalue weighted by atomic mass is 35.5. The van der Waals surface area contributed by atoms with Crippen LogP contribution in [0.15, 0.2) is 18.2 Å². The summed E-state index contributed by atoms with van der Waals surface area (Å²) in [5.41, 5.74) is -0.0531. The smallest absolute Gasteiger partial charge is 0.310 e. The van der Waals surface area contributed by atoms with E-state index in [4.69, 9.17) is 11.6 Å². The molecule has 1 aromatic carbocycles. The van der Waals surface area contributed by atoms with Gasteiger partial charge in [0.1, 0.15) is 10.7 Å². The SMILES string of the molecule is CC(C)(CNc1cccc(Cl)c1[N+](=O)[O-])S(C)(=O)=O. The first-order valence-electron chi connectivity index (χ1n) is 5.42. The molecule has 0 atom stereocenters. The molecule has 0 radical (unpaired) electrons. The van der Waals surface area contributed by atoms with E-state index in [-0.39, 0.29) is 22.9 Å². The lowest BCUT2D eigenvalue weighted by atomic mass is 10.2. The van der Waals surface area contributed by atoms with Crippen LogP contribution < -0.4 is 5.32 Å². The van der Waals surface area contributed by atoms with Gasteiger partial charge in [0, 0.05) is 12.8 Å². The molecule has 0 aromatic heterocycles. The number of halogens is 1. The minimum absolute atomic E-state index is 0.00663. The molecule has 8 heteroatoms. The number of anilines is 1. The Kier molecular flexibility index (Phi) is 4.42. The molecule has 0 spiro atoms. The number of hydrogen-bond donors (Lipinski definition) is 1. The van der Waals surface area contributed by atoms with Crippen molar-refractivity contribution in [3.8, 4) is 0 Å². The molecule has 0 bridgehead atoms. The van der Waals surface area contributed by atoms with Crippen LogP contribution in [0.1, 0.15) is 13.8 Å². The van der Waals surface area contributed by atoms with Crippen LogP contribution in [0.5, 0.6) is 0 Å². The van der Waals surface area contributed by atoms with Gasteiger partial charge in [0.05, 0.1) is 9.67 Å². The van der Waals surface area contributed by atoms with E-state index in [0.29, 0.717) is 0 Å². The molecule has 0 unspecified atom stereocenters. The minimum Gasteiger partial charge on any atom is -0.378 e. The molecule has 1 aromatic rings. The lowest BCUT2D eigenvalue weighted by Gasteiger charge is -2.23. The number of nitro groups is 1. The van der Waals surface area contributed by atoms with Crippen LogP contribution in [0.3, 0.4) is 0 Å². The molecule has 1 N–H and O–H groups in total. The van der Waals surface area contributed by atoms with E-state index in [1.807, 2.05) is 0 Å². The van der Waals surface area contributed by atoms with Gasteiger partial charge in [-0.25, -0.2) is 8.42 Å². The van der Waals surface area contributed by atoms with E-state index >= 15 is 0 Å². The van der Waals surface area contributed by atoms with Crippen molar-refractivity contribution in [2.45, 2.75) is 18.6 Å². The van der Waals surface area contributed by atoms with Crippen LogP contribution >= 0.6 is 11.6 Å². The van der Waals surface area contributed by atoms with Crippen molar-refractivity contribution in [1.29, 1.82) is 0 Å². The Morgan fingerprint density at radius 2 is 2.00 bits per heavy atom. The first-order valence-corrected chi connectivity index (χ1v) is 7.69. The molecule has 0 aliphatic carbocycles. The summed E-state index contributed by atoms with van der Waals surface area (Å²) in [5, 5.41) is 13.7. The summed E-state index contributed by atoms with van der Waals surface area (Å²) in [6.07, 6.45) is 1.13. The average molecular weight is 307 g/mol. The predicted octanol–water partition coefficient (Wildman–Crippen LogP) is 2.48. The number of nitrogens with zero attached hydrogens (tertiary/aromatic N) is 1. The average Bonchev–Trinajstić information content (AvgIpc) is 2.24. The Labute approximate surface area is 116 Å². The summed E-state index contributed by atoms with van der Waals surface area (Å²) in [6, 6.07) is 4.46. The fraction of sp³-hybridized carbons (Fsp3) is 0.455. The van der Waals surface area contributed by atoms with Gasteiger partial charge in [-0.05, 0) is 26.0 Å². The van der Waals surface area contributed by atoms with Gasteiger partial charge < -0.3 is 5.32 Å². The molecule has 0 saturated heterocycles. The van der Waals surface area contributed by atoms with Crippen molar-refractivity contribution in [1.82, 2.24) is 0 Å². The van der Waals surface area contributed by atoms with E-state index in [2.05, 4.69) is 5.32 Å². The molecule has 106 valence electrons. The van der Waals surface area contributed by atoms with E-state index in [1.54, 1.807) is 19.9 Å². The third kappa shape index (κ3) is 3.57. The van der Waals surface area contributed by atoms with E-state index in [9.17, 15) is 18.5 Å². The predicted molar refractivity (Wildman–Crippen MR) is 75.5 cm³/mol. The number of nitro benzene ring substituents is 1. The highest BCUT2D eigenvalue weighted by Gasteiger charge is 2.31. The van der Waals surface area contributed by atoms with Crippen molar-refractivity contribution >= 4 is 32.8 Å². The Bertz CT molecular complexity index is 599. The Balaban J connectivity index is 3.03. The zero-order valence-electron chi connectivity index (χ0n) is 10.8. The van der Waals surface area contributed by atoms with Gasteiger partial charge in [0.2, 0.25) is 0 Å². The standard InChI is InChI=1S/C11H15ClN2O4S/c1-11(2,19(3,17)18)7-13-9-6-4-5-8(12)10(9)14(15)16/h4-6,13H,7H2,1-3H3. The first-order chi connectivity index (χ1) is 8.56. The van der Waals surface area contributed by atoms with Crippen molar-refractivity contribution in [2.75, 3.05) is 18.1 Å². The summed E-state index contributed by atoms with van der Waals surface area (Å²) < 4.78 is 22.1. The van der Waals surface area contributed by atoms with E-state index in [1.165, 1.54) is 12.1 Å². The Morgan fingerprint density at radius 1 is 1.42 bits per heavy atom. The third-order valence-electron chi connectivity index (χ3n) is 2.88. The van der Waals surface area contributed by atoms with E-state index < -0.39 is 19.5 Å². The monoisotopic (exact) mass is 306 g/mol. The number of benzene rings is 1. The molecular weight excluding hydrogens is 292 g/mol.